The summed E-state index contributed by atoms with van der Waals surface area (Å²) < 4.78 is 5.53. The van der Waals surface area contributed by atoms with Gasteiger partial charge in [-0.3, -0.25) is 9.59 Å². The number of hydrogen-bond donors (Lipinski definition) is 3. The second-order valence-electron chi connectivity index (χ2n) is 7.87. The lowest BCUT2D eigenvalue weighted by Gasteiger charge is -2.22. The van der Waals surface area contributed by atoms with Crippen molar-refractivity contribution in [2.24, 2.45) is 0 Å². The van der Waals surface area contributed by atoms with Gasteiger partial charge >= 0.3 is 5.63 Å². The molecule has 1 aromatic carbocycles. The summed E-state index contributed by atoms with van der Waals surface area (Å²) in [5.41, 5.74) is 3.03. The highest BCUT2D eigenvalue weighted by Crippen LogP contribution is 2.33. The molecule has 0 saturated carbocycles. The van der Waals surface area contributed by atoms with Gasteiger partial charge in [0.2, 0.25) is 5.91 Å². The van der Waals surface area contributed by atoms with Gasteiger partial charge in [-0.15, -0.1) is 24.8 Å². The normalized spacial score (nSPS) is 15.7. The topological polar surface area (TPSA) is 100 Å². The van der Waals surface area contributed by atoms with Crippen LogP contribution in [0, 0.1) is 13.8 Å². The van der Waals surface area contributed by atoms with E-state index in [1.165, 1.54) is 0 Å². The number of amides is 2. The molecule has 2 aromatic rings. The molecule has 1 fully saturated rings. The number of halogens is 2. The fourth-order valence-electron chi connectivity index (χ4n) is 4.15. The molecule has 4 rings (SSSR count). The number of aryl methyl sites for hydroxylation is 3. The summed E-state index contributed by atoms with van der Waals surface area (Å²) in [6, 6.07) is 5.60. The highest BCUT2D eigenvalue weighted by molar-refractivity contribution is 6.08. The van der Waals surface area contributed by atoms with E-state index in [0.717, 1.165) is 37.1 Å². The van der Waals surface area contributed by atoms with Crippen molar-refractivity contribution in [3.63, 3.8) is 0 Å². The molecule has 0 aliphatic carbocycles. The number of anilines is 2. The molecule has 0 radical (unpaired) electrons. The van der Waals surface area contributed by atoms with Crippen molar-refractivity contribution in [2.45, 2.75) is 45.4 Å². The van der Waals surface area contributed by atoms with Crippen molar-refractivity contribution in [1.82, 2.24) is 5.32 Å². The molecule has 3 N–H and O–H groups in total. The summed E-state index contributed by atoms with van der Waals surface area (Å²) in [6.45, 7) is 5.46. The maximum atomic E-state index is 12.9. The molecular formula is C22H27Cl2N3O4. The first-order valence-electron chi connectivity index (χ1n) is 10.0. The highest BCUT2D eigenvalue weighted by Gasteiger charge is 2.24. The van der Waals surface area contributed by atoms with E-state index in [-0.39, 0.29) is 42.2 Å². The average Bonchev–Trinajstić information content (AvgIpc) is 2.68. The van der Waals surface area contributed by atoms with Gasteiger partial charge in [-0.25, -0.2) is 4.79 Å². The Labute approximate surface area is 193 Å². The van der Waals surface area contributed by atoms with Crippen LogP contribution < -0.4 is 21.6 Å². The Morgan fingerprint density at radius 3 is 2.45 bits per heavy atom. The number of carbonyl (C=O) groups is 2. The highest BCUT2D eigenvalue weighted by atomic mass is 35.5. The maximum Gasteiger partial charge on any atom is 0.349 e. The summed E-state index contributed by atoms with van der Waals surface area (Å²) in [6.07, 6.45) is 2.86. The lowest BCUT2D eigenvalue weighted by atomic mass is 9.94. The van der Waals surface area contributed by atoms with E-state index in [0.29, 0.717) is 35.5 Å². The zero-order valence-electron chi connectivity index (χ0n) is 17.5. The second-order valence-corrected chi connectivity index (χ2v) is 7.87. The molecule has 0 unspecified atom stereocenters. The predicted octanol–water partition coefficient (Wildman–Crippen LogP) is 3.70. The lowest BCUT2D eigenvalue weighted by molar-refractivity contribution is -0.116. The van der Waals surface area contributed by atoms with Crippen LogP contribution in [-0.2, 0) is 11.2 Å². The number of carbonyl (C=O) groups excluding carboxylic acids is 2. The van der Waals surface area contributed by atoms with E-state index >= 15 is 0 Å². The van der Waals surface area contributed by atoms with Crippen molar-refractivity contribution >= 4 is 48.0 Å². The fourth-order valence-corrected chi connectivity index (χ4v) is 4.15. The smallest absolute Gasteiger partial charge is 0.349 e. The fraction of sp³-hybridized carbons (Fsp3) is 0.409. The summed E-state index contributed by atoms with van der Waals surface area (Å²) in [4.78, 5) is 37.4. The summed E-state index contributed by atoms with van der Waals surface area (Å²) in [5, 5.41) is 8.93. The first-order chi connectivity index (χ1) is 13.9. The van der Waals surface area contributed by atoms with Crippen molar-refractivity contribution in [2.75, 3.05) is 23.7 Å². The second kappa shape index (κ2) is 10.3. The summed E-state index contributed by atoms with van der Waals surface area (Å²) in [7, 11) is 0. The Balaban J connectivity index is 0.00000171. The predicted molar refractivity (Wildman–Crippen MR) is 125 cm³/mol. The Morgan fingerprint density at radius 2 is 1.77 bits per heavy atom. The number of nitrogens with one attached hydrogen (secondary N) is 3. The molecule has 0 atom stereocenters. The van der Waals surface area contributed by atoms with Gasteiger partial charge in [-0.2, -0.15) is 0 Å². The monoisotopic (exact) mass is 467 g/mol. The zero-order valence-corrected chi connectivity index (χ0v) is 19.1. The largest absolute Gasteiger partial charge is 0.427 e. The van der Waals surface area contributed by atoms with Crippen LogP contribution in [-0.4, -0.2) is 24.9 Å². The van der Waals surface area contributed by atoms with Crippen LogP contribution >= 0.6 is 24.8 Å². The summed E-state index contributed by atoms with van der Waals surface area (Å²) >= 11 is 0. The molecule has 2 aliphatic rings. The quantitative estimate of drug-likeness (QED) is 0.638. The minimum atomic E-state index is -0.624. The first kappa shape index (κ1) is 24.9. The van der Waals surface area contributed by atoms with Crippen LogP contribution in [0.4, 0.5) is 11.4 Å². The van der Waals surface area contributed by atoms with Crippen molar-refractivity contribution in [3.8, 4) is 0 Å². The van der Waals surface area contributed by atoms with Gasteiger partial charge in [-0.1, -0.05) is 6.07 Å². The third-order valence-electron chi connectivity index (χ3n) is 5.63. The van der Waals surface area contributed by atoms with Gasteiger partial charge in [0, 0.05) is 12.3 Å². The molecule has 31 heavy (non-hydrogen) atoms. The Morgan fingerprint density at radius 1 is 1.06 bits per heavy atom. The Bertz CT molecular complexity index is 1050. The van der Waals surface area contributed by atoms with Crippen LogP contribution in [0.25, 0.3) is 0 Å². The molecule has 0 spiro atoms. The SMILES string of the molecule is Cc1cc2c(c(NC(=O)c3c(C)cc(C4CCNCC4)oc3=O)c1)NC(=O)CC2.Cl.Cl. The minimum absolute atomic E-state index is 0. The minimum Gasteiger partial charge on any atom is -0.427 e. The standard InChI is InChI=1S/C22H25N3O4.2ClH/c1-12-9-15-3-4-18(26)25-20(15)16(10-12)24-21(27)19-13(2)11-17(29-22(19)28)14-5-7-23-8-6-14;;/h9-11,14,23H,3-8H2,1-2H3,(H,24,27)(H,25,26);2*1H. The molecule has 168 valence electrons. The van der Waals surface area contributed by atoms with Crippen LogP contribution in [0.5, 0.6) is 0 Å². The Kier molecular flexibility index (Phi) is 8.28. The van der Waals surface area contributed by atoms with E-state index < -0.39 is 11.5 Å². The van der Waals surface area contributed by atoms with Gasteiger partial charge in [-0.05, 0) is 75.0 Å². The van der Waals surface area contributed by atoms with E-state index in [2.05, 4.69) is 16.0 Å². The van der Waals surface area contributed by atoms with Crippen molar-refractivity contribution in [3.05, 3.63) is 56.6 Å². The van der Waals surface area contributed by atoms with E-state index in [9.17, 15) is 14.4 Å². The van der Waals surface area contributed by atoms with Crippen LogP contribution in [0.2, 0.25) is 0 Å². The number of rotatable bonds is 3. The molecular weight excluding hydrogens is 441 g/mol. The van der Waals surface area contributed by atoms with Crippen LogP contribution in [0.3, 0.4) is 0 Å². The van der Waals surface area contributed by atoms with Gasteiger partial charge < -0.3 is 20.4 Å². The third kappa shape index (κ3) is 5.29. The van der Waals surface area contributed by atoms with Crippen molar-refractivity contribution < 1.29 is 14.0 Å². The number of fused-ring (bicyclic) bond motifs is 1. The lowest BCUT2D eigenvalue weighted by Crippen LogP contribution is -2.28. The zero-order chi connectivity index (χ0) is 20.5. The Hall–Kier alpha value is -2.35. The van der Waals surface area contributed by atoms with E-state index in [1.54, 1.807) is 19.1 Å². The van der Waals surface area contributed by atoms with Crippen LogP contribution in [0.1, 0.15) is 58.0 Å². The van der Waals surface area contributed by atoms with Gasteiger partial charge in [0.15, 0.2) is 0 Å². The maximum absolute atomic E-state index is 12.9. The first-order valence-corrected chi connectivity index (χ1v) is 10.0. The van der Waals surface area contributed by atoms with Gasteiger partial charge in [0.25, 0.3) is 5.91 Å². The average molecular weight is 468 g/mol. The molecule has 7 nitrogen and oxygen atoms in total. The van der Waals surface area contributed by atoms with Crippen LogP contribution in [0.15, 0.2) is 27.4 Å². The van der Waals surface area contributed by atoms with E-state index in [1.807, 2.05) is 13.0 Å². The molecule has 2 aliphatic heterocycles. The molecule has 2 amide bonds. The molecule has 1 aromatic heterocycles. The number of benzene rings is 1. The third-order valence-corrected chi connectivity index (χ3v) is 5.63. The number of hydrogen-bond acceptors (Lipinski definition) is 5. The van der Waals surface area contributed by atoms with Crippen molar-refractivity contribution in [1.29, 1.82) is 0 Å². The van der Waals surface area contributed by atoms with Gasteiger partial charge in [0.1, 0.15) is 11.3 Å². The van der Waals surface area contributed by atoms with E-state index in [4.69, 9.17) is 4.42 Å². The molecule has 9 heteroatoms. The van der Waals surface area contributed by atoms with Gasteiger partial charge in [0.05, 0.1) is 11.4 Å². The number of piperidine rings is 1. The molecule has 1 saturated heterocycles. The summed E-state index contributed by atoms with van der Waals surface area (Å²) in [5.74, 6) is 0.226. The molecule has 0 bridgehead atoms. The molecule has 3 heterocycles.